The molecule has 3 rings (SSSR count). The van der Waals surface area contributed by atoms with Crippen LogP contribution in [0.25, 0.3) is 0 Å². The van der Waals surface area contributed by atoms with E-state index < -0.39 is 10.8 Å². The summed E-state index contributed by atoms with van der Waals surface area (Å²) in [5.41, 5.74) is 1.02. The maximum Gasteiger partial charge on any atom is 0.270 e. The van der Waals surface area contributed by atoms with E-state index in [1.807, 2.05) is 0 Å². The summed E-state index contributed by atoms with van der Waals surface area (Å²) >= 11 is 0. The van der Waals surface area contributed by atoms with Gasteiger partial charge in [0.15, 0.2) is 0 Å². The lowest BCUT2D eigenvalue weighted by molar-refractivity contribution is -0.384. The second-order valence-corrected chi connectivity index (χ2v) is 5.84. The maximum atomic E-state index is 12.4. The first-order chi connectivity index (χ1) is 12.0. The first kappa shape index (κ1) is 16.6. The molecule has 1 fully saturated rings. The SMILES string of the molecule is O=C(Nc1cccc(C(=O)N2CCCC2)c1)c1cccc([N+](=O)[O-])c1. The van der Waals surface area contributed by atoms with Crippen LogP contribution in [0.5, 0.6) is 0 Å². The molecular formula is C18H17N3O4. The number of rotatable bonds is 4. The van der Waals surface area contributed by atoms with Gasteiger partial charge in [0, 0.05) is 42.0 Å². The molecule has 1 aliphatic heterocycles. The van der Waals surface area contributed by atoms with Crippen molar-refractivity contribution in [2.45, 2.75) is 12.8 Å². The van der Waals surface area contributed by atoms with Crippen molar-refractivity contribution in [2.24, 2.45) is 0 Å². The third-order valence-electron chi connectivity index (χ3n) is 4.08. The fourth-order valence-corrected chi connectivity index (χ4v) is 2.80. The molecule has 0 aliphatic carbocycles. The van der Waals surface area contributed by atoms with Gasteiger partial charge in [0.1, 0.15) is 0 Å². The Bertz CT molecular complexity index is 829. The molecule has 0 saturated carbocycles. The highest BCUT2D eigenvalue weighted by atomic mass is 16.6. The molecule has 0 spiro atoms. The van der Waals surface area contributed by atoms with Crippen molar-refractivity contribution >= 4 is 23.2 Å². The molecule has 1 saturated heterocycles. The van der Waals surface area contributed by atoms with Crippen LogP contribution >= 0.6 is 0 Å². The fourth-order valence-electron chi connectivity index (χ4n) is 2.80. The van der Waals surface area contributed by atoms with Gasteiger partial charge >= 0.3 is 0 Å². The van der Waals surface area contributed by atoms with Gasteiger partial charge in [-0.2, -0.15) is 0 Å². The molecule has 1 heterocycles. The van der Waals surface area contributed by atoms with Gasteiger partial charge in [-0.05, 0) is 37.1 Å². The number of hydrogen-bond acceptors (Lipinski definition) is 4. The molecule has 1 aliphatic rings. The molecule has 128 valence electrons. The molecule has 2 aromatic carbocycles. The Labute approximate surface area is 144 Å². The Hall–Kier alpha value is -3.22. The highest BCUT2D eigenvalue weighted by Crippen LogP contribution is 2.18. The van der Waals surface area contributed by atoms with Crippen LogP contribution in [0.4, 0.5) is 11.4 Å². The smallest absolute Gasteiger partial charge is 0.270 e. The van der Waals surface area contributed by atoms with Crippen LogP contribution in [-0.4, -0.2) is 34.7 Å². The van der Waals surface area contributed by atoms with Crippen LogP contribution in [0.15, 0.2) is 48.5 Å². The summed E-state index contributed by atoms with van der Waals surface area (Å²) in [4.78, 5) is 36.8. The van der Waals surface area contributed by atoms with Crippen molar-refractivity contribution in [3.63, 3.8) is 0 Å². The van der Waals surface area contributed by atoms with Gasteiger partial charge in [0.2, 0.25) is 0 Å². The molecule has 0 aromatic heterocycles. The van der Waals surface area contributed by atoms with Gasteiger partial charge in [0.25, 0.3) is 17.5 Å². The molecule has 0 bridgehead atoms. The van der Waals surface area contributed by atoms with Crippen molar-refractivity contribution in [1.29, 1.82) is 0 Å². The Morgan fingerprint density at radius 1 is 1.00 bits per heavy atom. The molecule has 1 N–H and O–H groups in total. The van der Waals surface area contributed by atoms with E-state index in [1.54, 1.807) is 29.2 Å². The predicted octanol–water partition coefficient (Wildman–Crippen LogP) is 3.08. The summed E-state index contributed by atoms with van der Waals surface area (Å²) in [6, 6.07) is 12.2. The second kappa shape index (κ2) is 7.12. The number of carbonyl (C=O) groups excluding carboxylic acids is 2. The standard InChI is InChI=1S/C18H17N3O4/c22-17(13-5-4-8-16(12-13)21(24)25)19-15-7-3-6-14(11-15)18(23)20-9-1-2-10-20/h3-8,11-12H,1-2,9-10H2,(H,19,22). The van der Waals surface area contributed by atoms with Crippen LogP contribution in [0.3, 0.4) is 0 Å². The summed E-state index contributed by atoms with van der Waals surface area (Å²) in [5, 5.41) is 13.5. The molecule has 2 aromatic rings. The number of nitro groups is 1. The summed E-state index contributed by atoms with van der Waals surface area (Å²) in [7, 11) is 0. The zero-order valence-electron chi connectivity index (χ0n) is 13.5. The molecular weight excluding hydrogens is 322 g/mol. The lowest BCUT2D eigenvalue weighted by Gasteiger charge is -2.15. The molecule has 25 heavy (non-hydrogen) atoms. The number of nitrogens with one attached hydrogen (secondary N) is 1. The van der Waals surface area contributed by atoms with E-state index in [2.05, 4.69) is 5.32 Å². The van der Waals surface area contributed by atoms with Gasteiger partial charge in [-0.25, -0.2) is 0 Å². The van der Waals surface area contributed by atoms with Gasteiger partial charge < -0.3 is 10.2 Å². The zero-order valence-corrected chi connectivity index (χ0v) is 13.5. The minimum Gasteiger partial charge on any atom is -0.339 e. The van der Waals surface area contributed by atoms with Crippen LogP contribution in [-0.2, 0) is 0 Å². The Morgan fingerprint density at radius 3 is 2.40 bits per heavy atom. The number of likely N-dealkylation sites (tertiary alicyclic amines) is 1. The van der Waals surface area contributed by atoms with Crippen LogP contribution < -0.4 is 5.32 Å². The van der Waals surface area contributed by atoms with E-state index in [0.29, 0.717) is 11.3 Å². The summed E-state index contributed by atoms with van der Waals surface area (Å²) in [6.45, 7) is 1.51. The number of benzene rings is 2. The average Bonchev–Trinajstić information content (AvgIpc) is 3.16. The molecule has 7 heteroatoms. The molecule has 0 radical (unpaired) electrons. The third-order valence-corrected chi connectivity index (χ3v) is 4.08. The lowest BCUT2D eigenvalue weighted by atomic mass is 10.1. The topological polar surface area (TPSA) is 92.6 Å². The van der Waals surface area contributed by atoms with E-state index in [9.17, 15) is 19.7 Å². The maximum absolute atomic E-state index is 12.4. The number of nitro benzene ring substituents is 1. The minimum absolute atomic E-state index is 0.0519. The van der Waals surface area contributed by atoms with Crippen molar-refractivity contribution in [3.8, 4) is 0 Å². The van der Waals surface area contributed by atoms with Crippen LogP contribution in [0, 0.1) is 10.1 Å². The highest BCUT2D eigenvalue weighted by Gasteiger charge is 2.20. The van der Waals surface area contributed by atoms with Gasteiger partial charge in [-0.15, -0.1) is 0 Å². The number of anilines is 1. The third kappa shape index (κ3) is 3.82. The van der Waals surface area contributed by atoms with E-state index >= 15 is 0 Å². The van der Waals surface area contributed by atoms with Gasteiger partial charge in [0.05, 0.1) is 4.92 Å². The Balaban J connectivity index is 1.75. The van der Waals surface area contributed by atoms with Gasteiger partial charge in [-0.3, -0.25) is 19.7 Å². The Kier molecular flexibility index (Phi) is 4.74. The van der Waals surface area contributed by atoms with E-state index in [1.165, 1.54) is 24.3 Å². The number of amides is 2. The quantitative estimate of drug-likeness (QED) is 0.684. The average molecular weight is 339 g/mol. The largest absolute Gasteiger partial charge is 0.339 e. The van der Waals surface area contributed by atoms with Crippen molar-refractivity contribution in [3.05, 3.63) is 69.8 Å². The van der Waals surface area contributed by atoms with Crippen molar-refractivity contribution in [2.75, 3.05) is 18.4 Å². The second-order valence-electron chi connectivity index (χ2n) is 5.84. The highest BCUT2D eigenvalue weighted by molar-refractivity contribution is 6.05. The lowest BCUT2D eigenvalue weighted by Crippen LogP contribution is -2.27. The molecule has 2 amide bonds. The molecule has 0 unspecified atom stereocenters. The monoisotopic (exact) mass is 339 g/mol. The Morgan fingerprint density at radius 2 is 1.68 bits per heavy atom. The van der Waals surface area contributed by atoms with Crippen molar-refractivity contribution < 1.29 is 14.5 Å². The first-order valence-corrected chi connectivity index (χ1v) is 8.00. The summed E-state index contributed by atoms with van der Waals surface area (Å²) < 4.78 is 0. The molecule has 7 nitrogen and oxygen atoms in total. The number of non-ortho nitro benzene ring substituents is 1. The first-order valence-electron chi connectivity index (χ1n) is 8.00. The summed E-state index contributed by atoms with van der Waals surface area (Å²) in [5.74, 6) is -0.515. The van der Waals surface area contributed by atoms with E-state index in [-0.39, 0.29) is 17.2 Å². The number of nitrogens with zero attached hydrogens (tertiary/aromatic N) is 2. The van der Waals surface area contributed by atoms with E-state index in [4.69, 9.17) is 0 Å². The fraction of sp³-hybridized carbons (Fsp3) is 0.222. The van der Waals surface area contributed by atoms with Crippen LogP contribution in [0.2, 0.25) is 0 Å². The van der Waals surface area contributed by atoms with E-state index in [0.717, 1.165) is 25.9 Å². The van der Waals surface area contributed by atoms with Crippen molar-refractivity contribution in [1.82, 2.24) is 4.90 Å². The summed E-state index contributed by atoms with van der Waals surface area (Å²) in [6.07, 6.45) is 2.02. The molecule has 0 atom stereocenters. The predicted molar refractivity (Wildman–Crippen MR) is 92.6 cm³/mol. The zero-order chi connectivity index (χ0) is 17.8. The number of carbonyl (C=O) groups is 2. The normalized spacial score (nSPS) is 13.5. The van der Waals surface area contributed by atoms with Gasteiger partial charge in [-0.1, -0.05) is 12.1 Å². The number of hydrogen-bond donors (Lipinski definition) is 1. The minimum atomic E-state index is -0.549. The van der Waals surface area contributed by atoms with Crippen LogP contribution in [0.1, 0.15) is 33.6 Å².